The third-order valence-corrected chi connectivity index (χ3v) is 2.69. The first-order chi connectivity index (χ1) is 8.40. The third-order valence-electron chi connectivity index (χ3n) is 2.69. The van der Waals surface area contributed by atoms with Crippen molar-refractivity contribution in [3.8, 4) is 5.69 Å². The van der Waals surface area contributed by atoms with Gasteiger partial charge in [-0.3, -0.25) is 0 Å². The van der Waals surface area contributed by atoms with Gasteiger partial charge in [-0.05, 0) is 25.1 Å². The van der Waals surface area contributed by atoms with E-state index in [0.29, 0.717) is 0 Å². The van der Waals surface area contributed by atoms with Gasteiger partial charge in [0.05, 0.1) is 11.9 Å². The lowest BCUT2D eigenvalue weighted by molar-refractivity contribution is 0.641. The molecular weight excluding hydrogens is 210 g/mol. The van der Waals surface area contributed by atoms with Gasteiger partial charge in [-0.25, -0.2) is 4.68 Å². The van der Waals surface area contributed by atoms with Crippen LogP contribution in [0.5, 0.6) is 0 Å². The van der Waals surface area contributed by atoms with Crippen LogP contribution in [0.25, 0.3) is 5.69 Å². The van der Waals surface area contributed by atoms with Gasteiger partial charge in [0.1, 0.15) is 0 Å². The number of hydrogen-bond acceptors (Lipinski definition) is 2. The highest BCUT2D eigenvalue weighted by Crippen LogP contribution is 2.07. The van der Waals surface area contributed by atoms with Gasteiger partial charge in [-0.15, -0.1) is 0 Å². The fourth-order valence-electron chi connectivity index (χ4n) is 1.71. The van der Waals surface area contributed by atoms with Crippen LogP contribution in [-0.2, 0) is 6.54 Å². The van der Waals surface area contributed by atoms with E-state index in [2.05, 4.69) is 35.7 Å². The Morgan fingerprint density at radius 1 is 1.24 bits per heavy atom. The molecule has 0 unspecified atom stereocenters. The van der Waals surface area contributed by atoms with Crippen molar-refractivity contribution in [2.45, 2.75) is 26.3 Å². The summed E-state index contributed by atoms with van der Waals surface area (Å²) in [6, 6.07) is 10.2. The van der Waals surface area contributed by atoms with Gasteiger partial charge < -0.3 is 5.32 Å². The van der Waals surface area contributed by atoms with Gasteiger partial charge in [-0.1, -0.05) is 31.5 Å². The second-order valence-electron chi connectivity index (χ2n) is 4.16. The zero-order valence-corrected chi connectivity index (χ0v) is 10.3. The molecule has 0 radical (unpaired) electrons. The smallest absolute Gasteiger partial charge is 0.0645 e. The SMILES string of the molecule is CCCCNCc1cnn(-c2ccccc2)c1. The van der Waals surface area contributed by atoms with Crippen LogP contribution in [0.4, 0.5) is 0 Å². The molecule has 0 aliphatic heterocycles. The molecule has 3 heteroatoms. The maximum Gasteiger partial charge on any atom is 0.0645 e. The summed E-state index contributed by atoms with van der Waals surface area (Å²) in [5.74, 6) is 0. The molecule has 0 fully saturated rings. The highest BCUT2D eigenvalue weighted by molar-refractivity contribution is 5.30. The average Bonchev–Trinajstić information content (AvgIpc) is 2.85. The molecule has 0 bridgehead atoms. The van der Waals surface area contributed by atoms with Gasteiger partial charge >= 0.3 is 0 Å². The number of rotatable bonds is 6. The summed E-state index contributed by atoms with van der Waals surface area (Å²) in [4.78, 5) is 0. The van der Waals surface area contributed by atoms with Gasteiger partial charge in [0.15, 0.2) is 0 Å². The largest absolute Gasteiger partial charge is 0.313 e. The predicted octanol–water partition coefficient (Wildman–Crippen LogP) is 2.76. The van der Waals surface area contributed by atoms with Crippen LogP contribution in [0.1, 0.15) is 25.3 Å². The van der Waals surface area contributed by atoms with Crippen LogP contribution in [-0.4, -0.2) is 16.3 Å². The molecule has 0 saturated carbocycles. The Labute approximate surface area is 102 Å². The zero-order chi connectivity index (χ0) is 11.9. The molecule has 0 spiro atoms. The molecule has 1 N–H and O–H groups in total. The van der Waals surface area contributed by atoms with Crippen molar-refractivity contribution in [3.63, 3.8) is 0 Å². The molecule has 0 aliphatic carbocycles. The van der Waals surface area contributed by atoms with Crippen LogP contribution < -0.4 is 5.32 Å². The van der Waals surface area contributed by atoms with E-state index in [1.807, 2.05) is 29.1 Å². The summed E-state index contributed by atoms with van der Waals surface area (Å²) >= 11 is 0. The topological polar surface area (TPSA) is 29.9 Å². The van der Waals surface area contributed by atoms with Crippen LogP contribution in [0, 0.1) is 0 Å². The Balaban J connectivity index is 1.92. The van der Waals surface area contributed by atoms with Crippen LogP contribution in [0.2, 0.25) is 0 Å². The van der Waals surface area contributed by atoms with Crippen LogP contribution >= 0.6 is 0 Å². The van der Waals surface area contributed by atoms with Crippen molar-refractivity contribution in [2.75, 3.05) is 6.54 Å². The van der Waals surface area contributed by atoms with Gasteiger partial charge in [0.25, 0.3) is 0 Å². The van der Waals surface area contributed by atoms with E-state index in [9.17, 15) is 0 Å². The number of benzene rings is 1. The van der Waals surface area contributed by atoms with Gasteiger partial charge in [-0.2, -0.15) is 5.10 Å². The first kappa shape index (κ1) is 11.9. The molecule has 2 rings (SSSR count). The third kappa shape index (κ3) is 3.43. The molecule has 0 saturated heterocycles. The summed E-state index contributed by atoms with van der Waals surface area (Å²) in [6.07, 6.45) is 6.46. The molecular formula is C14H19N3. The molecule has 3 nitrogen and oxygen atoms in total. The minimum Gasteiger partial charge on any atom is -0.313 e. The number of hydrogen-bond donors (Lipinski definition) is 1. The van der Waals surface area contributed by atoms with Crippen molar-refractivity contribution in [3.05, 3.63) is 48.3 Å². The van der Waals surface area contributed by atoms with E-state index in [1.165, 1.54) is 18.4 Å². The van der Waals surface area contributed by atoms with Gasteiger partial charge in [0.2, 0.25) is 0 Å². The van der Waals surface area contributed by atoms with Crippen molar-refractivity contribution in [1.29, 1.82) is 0 Å². The second-order valence-corrected chi connectivity index (χ2v) is 4.16. The number of unbranched alkanes of at least 4 members (excludes halogenated alkanes) is 1. The Kier molecular flexibility index (Phi) is 4.33. The number of aromatic nitrogens is 2. The zero-order valence-electron chi connectivity index (χ0n) is 10.3. The minimum atomic E-state index is 0.896. The molecule has 0 amide bonds. The lowest BCUT2D eigenvalue weighted by Gasteiger charge is -2.01. The van der Waals surface area contributed by atoms with Crippen molar-refractivity contribution >= 4 is 0 Å². The lowest BCUT2D eigenvalue weighted by Crippen LogP contribution is -2.13. The van der Waals surface area contributed by atoms with E-state index in [-0.39, 0.29) is 0 Å². The highest BCUT2D eigenvalue weighted by atomic mass is 15.3. The molecule has 2 aromatic rings. The minimum absolute atomic E-state index is 0.896. The Bertz CT molecular complexity index is 434. The quantitative estimate of drug-likeness (QED) is 0.772. The highest BCUT2D eigenvalue weighted by Gasteiger charge is 1.99. The Morgan fingerprint density at radius 2 is 2.06 bits per heavy atom. The summed E-state index contributed by atoms with van der Waals surface area (Å²) < 4.78 is 1.91. The maximum absolute atomic E-state index is 4.36. The first-order valence-electron chi connectivity index (χ1n) is 6.20. The van der Waals surface area contributed by atoms with E-state index in [1.54, 1.807) is 0 Å². The maximum atomic E-state index is 4.36. The number of para-hydroxylation sites is 1. The van der Waals surface area contributed by atoms with Gasteiger partial charge in [0, 0.05) is 18.3 Å². The predicted molar refractivity (Wildman–Crippen MR) is 70.2 cm³/mol. The van der Waals surface area contributed by atoms with E-state index >= 15 is 0 Å². The second kappa shape index (κ2) is 6.21. The molecule has 1 aromatic carbocycles. The molecule has 1 heterocycles. The number of nitrogens with zero attached hydrogens (tertiary/aromatic N) is 2. The molecule has 0 aliphatic rings. The van der Waals surface area contributed by atoms with E-state index < -0.39 is 0 Å². The fourth-order valence-corrected chi connectivity index (χ4v) is 1.71. The molecule has 17 heavy (non-hydrogen) atoms. The first-order valence-corrected chi connectivity index (χ1v) is 6.20. The average molecular weight is 229 g/mol. The summed E-state index contributed by atoms with van der Waals surface area (Å²) in [7, 11) is 0. The number of nitrogens with one attached hydrogen (secondary N) is 1. The molecule has 90 valence electrons. The van der Waals surface area contributed by atoms with Crippen molar-refractivity contribution in [1.82, 2.24) is 15.1 Å². The summed E-state index contributed by atoms with van der Waals surface area (Å²) in [5, 5.41) is 7.78. The summed E-state index contributed by atoms with van der Waals surface area (Å²) in [6.45, 7) is 4.18. The van der Waals surface area contributed by atoms with E-state index in [0.717, 1.165) is 18.8 Å². The van der Waals surface area contributed by atoms with Crippen LogP contribution in [0.3, 0.4) is 0 Å². The van der Waals surface area contributed by atoms with Crippen molar-refractivity contribution < 1.29 is 0 Å². The van der Waals surface area contributed by atoms with E-state index in [4.69, 9.17) is 0 Å². The molecule has 1 aromatic heterocycles. The van der Waals surface area contributed by atoms with Crippen LogP contribution in [0.15, 0.2) is 42.7 Å². The normalized spacial score (nSPS) is 10.6. The Morgan fingerprint density at radius 3 is 2.82 bits per heavy atom. The Hall–Kier alpha value is -1.61. The molecule has 0 atom stereocenters. The monoisotopic (exact) mass is 229 g/mol. The fraction of sp³-hybridized carbons (Fsp3) is 0.357. The lowest BCUT2D eigenvalue weighted by atomic mass is 10.3. The van der Waals surface area contributed by atoms with Crippen molar-refractivity contribution in [2.24, 2.45) is 0 Å². The summed E-state index contributed by atoms with van der Waals surface area (Å²) in [5.41, 5.74) is 2.33. The standard InChI is InChI=1S/C14H19N3/c1-2-3-9-15-10-13-11-16-17(12-13)14-7-5-4-6-8-14/h4-8,11-12,15H,2-3,9-10H2,1H3.